The Hall–Kier alpha value is -1.25. The molecule has 0 aromatic heterocycles. The zero-order valence-corrected chi connectivity index (χ0v) is 9.75. The molecule has 1 fully saturated rings. The molecule has 3 heteroatoms. The van der Waals surface area contributed by atoms with Crippen molar-refractivity contribution in [1.29, 1.82) is 0 Å². The van der Waals surface area contributed by atoms with Crippen molar-refractivity contribution in [3.63, 3.8) is 0 Å². The molecule has 0 aliphatic carbocycles. The van der Waals surface area contributed by atoms with E-state index in [-0.39, 0.29) is 5.82 Å². The third-order valence-corrected chi connectivity index (χ3v) is 3.50. The number of nitrogens with two attached hydrogens (primary N) is 1. The minimum atomic E-state index is -0.199. The van der Waals surface area contributed by atoms with Crippen LogP contribution in [0.3, 0.4) is 0 Å². The quantitative estimate of drug-likeness (QED) is 0.779. The molecule has 1 aromatic rings. The Kier molecular flexibility index (Phi) is 3.32. The summed E-state index contributed by atoms with van der Waals surface area (Å²) in [4.78, 5) is 2.13. The van der Waals surface area contributed by atoms with Crippen molar-refractivity contribution in [1.82, 2.24) is 0 Å². The third kappa shape index (κ3) is 2.29. The minimum Gasteiger partial charge on any atom is -0.399 e. The van der Waals surface area contributed by atoms with E-state index in [0.717, 1.165) is 19.0 Å². The second kappa shape index (κ2) is 4.73. The first kappa shape index (κ1) is 11.2. The van der Waals surface area contributed by atoms with Gasteiger partial charge in [-0.3, -0.25) is 0 Å². The maximum atomic E-state index is 13.7. The molecule has 0 bridgehead atoms. The molecule has 2 nitrogen and oxygen atoms in total. The molecule has 0 atom stereocenters. The molecule has 1 aromatic carbocycles. The van der Waals surface area contributed by atoms with Gasteiger partial charge in [-0.05, 0) is 37.0 Å². The molecular weight excluding hydrogens is 203 g/mol. The van der Waals surface area contributed by atoms with Crippen molar-refractivity contribution in [2.45, 2.75) is 26.2 Å². The number of nitrogen functional groups attached to an aromatic ring is 1. The highest BCUT2D eigenvalue weighted by atomic mass is 19.1. The van der Waals surface area contributed by atoms with Crippen LogP contribution < -0.4 is 10.6 Å². The highest BCUT2D eigenvalue weighted by molar-refractivity contribution is 5.54. The van der Waals surface area contributed by atoms with Gasteiger partial charge >= 0.3 is 0 Å². The van der Waals surface area contributed by atoms with Gasteiger partial charge in [0.05, 0.1) is 5.69 Å². The van der Waals surface area contributed by atoms with Crippen molar-refractivity contribution in [2.75, 3.05) is 23.7 Å². The van der Waals surface area contributed by atoms with Gasteiger partial charge in [0.25, 0.3) is 0 Å². The molecule has 88 valence electrons. The summed E-state index contributed by atoms with van der Waals surface area (Å²) in [6.07, 6.45) is 3.57. The lowest BCUT2D eigenvalue weighted by atomic mass is 9.94. The molecule has 0 saturated carbocycles. The Morgan fingerprint density at radius 1 is 1.38 bits per heavy atom. The van der Waals surface area contributed by atoms with Crippen LogP contribution in [0.25, 0.3) is 0 Å². The maximum Gasteiger partial charge on any atom is 0.148 e. The number of hydrogen-bond acceptors (Lipinski definition) is 2. The van der Waals surface area contributed by atoms with Crippen molar-refractivity contribution >= 4 is 11.4 Å². The average Bonchev–Trinajstić information content (AvgIpc) is 2.29. The molecule has 2 rings (SSSR count). The van der Waals surface area contributed by atoms with E-state index in [0.29, 0.717) is 11.4 Å². The fourth-order valence-corrected chi connectivity index (χ4v) is 2.36. The summed E-state index contributed by atoms with van der Waals surface area (Å²) in [5.74, 6) is 0.614. The molecule has 1 heterocycles. The Morgan fingerprint density at radius 3 is 2.62 bits per heavy atom. The van der Waals surface area contributed by atoms with Crippen LogP contribution in [-0.2, 0) is 0 Å². The van der Waals surface area contributed by atoms with Crippen LogP contribution >= 0.6 is 0 Å². The van der Waals surface area contributed by atoms with E-state index >= 15 is 0 Å². The number of nitrogens with zero attached hydrogens (tertiary/aromatic N) is 1. The highest BCUT2D eigenvalue weighted by Crippen LogP contribution is 2.27. The van der Waals surface area contributed by atoms with Crippen LogP contribution in [0.1, 0.15) is 26.2 Å². The SMILES string of the molecule is CCC1CCN(c2ccc(N)cc2F)CC1. The van der Waals surface area contributed by atoms with Crippen molar-refractivity contribution < 1.29 is 4.39 Å². The molecule has 0 radical (unpaired) electrons. The first-order valence-electron chi connectivity index (χ1n) is 6.00. The second-order valence-electron chi connectivity index (χ2n) is 4.55. The maximum absolute atomic E-state index is 13.7. The van der Waals surface area contributed by atoms with E-state index in [1.807, 2.05) is 0 Å². The van der Waals surface area contributed by atoms with Crippen LogP contribution in [0, 0.1) is 11.7 Å². The number of piperidine rings is 1. The van der Waals surface area contributed by atoms with Crippen molar-refractivity contribution in [2.24, 2.45) is 5.92 Å². The predicted octanol–water partition coefficient (Wildman–Crippen LogP) is 3.03. The van der Waals surface area contributed by atoms with Gasteiger partial charge in [0.1, 0.15) is 5.82 Å². The van der Waals surface area contributed by atoms with Gasteiger partial charge < -0.3 is 10.6 Å². The van der Waals surface area contributed by atoms with E-state index in [1.54, 1.807) is 12.1 Å². The molecule has 1 aliphatic rings. The summed E-state index contributed by atoms with van der Waals surface area (Å²) in [5.41, 5.74) is 6.73. The predicted molar refractivity (Wildman–Crippen MR) is 66.0 cm³/mol. The Bertz CT molecular complexity index is 357. The molecule has 0 unspecified atom stereocenters. The lowest BCUT2D eigenvalue weighted by Gasteiger charge is -2.33. The van der Waals surface area contributed by atoms with Crippen LogP contribution in [0.5, 0.6) is 0 Å². The fraction of sp³-hybridized carbons (Fsp3) is 0.538. The molecule has 0 amide bonds. The minimum absolute atomic E-state index is 0.199. The summed E-state index contributed by atoms with van der Waals surface area (Å²) in [7, 11) is 0. The fourth-order valence-electron chi connectivity index (χ4n) is 2.36. The zero-order chi connectivity index (χ0) is 11.5. The van der Waals surface area contributed by atoms with Crippen LogP contribution in [0.15, 0.2) is 18.2 Å². The van der Waals surface area contributed by atoms with Gasteiger partial charge in [0.15, 0.2) is 0 Å². The Balaban J connectivity index is 2.08. The molecule has 16 heavy (non-hydrogen) atoms. The Labute approximate surface area is 96.2 Å². The van der Waals surface area contributed by atoms with Crippen molar-refractivity contribution in [3.05, 3.63) is 24.0 Å². The van der Waals surface area contributed by atoms with E-state index < -0.39 is 0 Å². The average molecular weight is 222 g/mol. The molecule has 1 aliphatic heterocycles. The van der Waals surface area contributed by atoms with Crippen molar-refractivity contribution in [3.8, 4) is 0 Å². The summed E-state index contributed by atoms with van der Waals surface area (Å²) in [5, 5.41) is 0. The summed E-state index contributed by atoms with van der Waals surface area (Å²) in [6.45, 7) is 4.14. The summed E-state index contributed by atoms with van der Waals surface area (Å²) >= 11 is 0. The van der Waals surface area contributed by atoms with Gasteiger partial charge in [-0.2, -0.15) is 0 Å². The molecule has 0 spiro atoms. The van der Waals surface area contributed by atoms with Gasteiger partial charge in [0.2, 0.25) is 0 Å². The monoisotopic (exact) mass is 222 g/mol. The first-order chi connectivity index (χ1) is 7.70. The number of hydrogen-bond donors (Lipinski definition) is 1. The van der Waals surface area contributed by atoms with Crippen LogP contribution in [0.4, 0.5) is 15.8 Å². The Morgan fingerprint density at radius 2 is 2.06 bits per heavy atom. The number of anilines is 2. The smallest absolute Gasteiger partial charge is 0.148 e. The van der Waals surface area contributed by atoms with Crippen LogP contribution in [0.2, 0.25) is 0 Å². The van der Waals surface area contributed by atoms with Gasteiger partial charge in [0, 0.05) is 18.8 Å². The standard InChI is InChI=1S/C13H19FN2/c1-2-10-5-7-16(8-6-10)13-4-3-11(15)9-12(13)14/h3-4,9-10H,2,5-8,15H2,1H3. The van der Waals surface area contributed by atoms with E-state index in [9.17, 15) is 4.39 Å². The number of rotatable bonds is 2. The molecule has 1 saturated heterocycles. The molecule has 2 N–H and O–H groups in total. The van der Waals surface area contributed by atoms with E-state index in [2.05, 4.69) is 11.8 Å². The highest BCUT2D eigenvalue weighted by Gasteiger charge is 2.19. The molecular formula is C13H19FN2. The van der Waals surface area contributed by atoms with Crippen LogP contribution in [-0.4, -0.2) is 13.1 Å². The topological polar surface area (TPSA) is 29.3 Å². The van der Waals surface area contributed by atoms with Gasteiger partial charge in [-0.25, -0.2) is 4.39 Å². The van der Waals surface area contributed by atoms with Gasteiger partial charge in [-0.1, -0.05) is 13.3 Å². The number of halogens is 1. The van der Waals surface area contributed by atoms with E-state index in [4.69, 9.17) is 5.73 Å². The van der Waals surface area contributed by atoms with E-state index in [1.165, 1.54) is 25.3 Å². The largest absolute Gasteiger partial charge is 0.399 e. The summed E-state index contributed by atoms with van der Waals surface area (Å²) in [6, 6.07) is 4.96. The first-order valence-corrected chi connectivity index (χ1v) is 6.00. The summed E-state index contributed by atoms with van der Waals surface area (Å²) < 4.78 is 13.7. The third-order valence-electron chi connectivity index (χ3n) is 3.50. The second-order valence-corrected chi connectivity index (χ2v) is 4.55. The van der Waals surface area contributed by atoms with Gasteiger partial charge in [-0.15, -0.1) is 0 Å². The lowest BCUT2D eigenvalue weighted by Crippen LogP contribution is -2.34. The number of benzene rings is 1. The zero-order valence-electron chi connectivity index (χ0n) is 9.75. The lowest BCUT2D eigenvalue weighted by molar-refractivity contribution is 0.393. The normalized spacial score (nSPS) is 17.8.